The lowest BCUT2D eigenvalue weighted by Gasteiger charge is -2.25. The van der Waals surface area contributed by atoms with Gasteiger partial charge < -0.3 is 14.8 Å². The second-order valence-corrected chi connectivity index (χ2v) is 8.89. The van der Waals surface area contributed by atoms with Gasteiger partial charge in [-0.2, -0.15) is 0 Å². The smallest absolute Gasteiger partial charge is 0.272 e. The first-order valence-corrected chi connectivity index (χ1v) is 10.8. The van der Waals surface area contributed by atoms with E-state index in [0.717, 1.165) is 46.7 Å². The van der Waals surface area contributed by atoms with Crippen LogP contribution in [-0.4, -0.2) is 58.3 Å². The van der Waals surface area contributed by atoms with Crippen molar-refractivity contribution in [2.75, 3.05) is 27.7 Å². The van der Waals surface area contributed by atoms with E-state index in [2.05, 4.69) is 51.2 Å². The number of hydrogen-bond acceptors (Lipinski definition) is 5. The fourth-order valence-corrected chi connectivity index (χ4v) is 4.76. The quantitative estimate of drug-likeness (QED) is 0.546. The molecule has 0 saturated carbocycles. The van der Waals surface area contributed by atoms with Crippen LogP contribution in [0.2, 0.25) is 0 Å². The van der Waals surface area contributed by atoms with Crippen molar-refractivity contribution in [3.63, 3.8) is 0 Å². The van der Waals surface area contributed by atoms with E-state index in [0.29, 0.717) is 5.69 Å². The van der Waals surface area contributed by atoms with E-state index >= 15 is 0 Å². The Morgan fingerprint density at radius 1 is 1.20 bits per heavy atom. The van der Waals surface area contributed by atoms with Crippen molar-refractivity contribution < 1.29 is 4.79 Å². The van der Waals surface area contributed by atoms with E-state index in [4.69, 9.17) is 0 Å². The van der Waals surface area contributed by atoms with Gasteiger partial charge in [-0.1, -0.05) is 12.1 Å². The summed E-state index contributed by atoms with van der Waals surface area (Å²) in [7, 11) is 5.64. The molecule has 0 unspecified atom stereocenters. The zero-order chi connectivity index (χ0) is 20.8. The number of nitrogens with one attached hydrogen (secondary N) is 1. The Morgan fingerprint density at radius 3 is 2.90 bits per heavy atom. The highest BCUT2D eigenvalue weighted by atomic mass is 32.1. The lowest BCUT2D eigenvalue weighted by Crippen LogP contribution is -2.26. The van der Waals surface area contributed by atoms with Gasteiger partial charge in [0.05, 0.1) is 0 Å². The van der Waals surface area contributed by atoms with Crippen LogP contribution in [-0.2, 0) is 13.0 Å². The van der Waals surface area contributed by atoms with E-state index in [9.17, 15) is 4.79 Å². The van der Waals surface area contributed by atoms with Crippen LogP contribution in [0.25, 0.3) is 32.7 Å². The molecule has 152 valence electrons. The lowest BCUT2D eigenvalue weighted by atomic mass is 9.95. The first-order chi connectivity index (χ1) is 14.5. The van der Waals surface area contributed by atoms with E-state index in [-0.39, 0.29) is 5.91 Å². The molecule has 1 aliphatic rings. The van der Waals surface area contributed by atoms with E-state index in [1.54, 1.807) is 19.0 Å². The highest BCUT2D eigenvalue weighted by Gasteiger charge is 2.17. The van der Waals surface area contributed by atoms with E-state index in [1.165, 1.54) is 28.0 Å². The third kappa shape index (κ3) is 3.30. The SMILES string of the molecule is CN1CCc2ccc(-c3cnc4[nH]cc(-c5nc(C(=O)N(C)C)cs5)c4c3)cc2C1. The number of nitrogens with zero attached hydrogens (tertiary/aromatic N) is 4. The molecule has 0 aliphatic carbocycles. The minimum atomic E-state index is -0.0878. The fourth-order valence-electron chi connectivity index (χ4n) is 3.94. The molecule has 0 fully saturated rings. The molecule has 0 spiro atoms. The van der Waals surface area contributed by atoms with Crippen molar-refractivity contribution in [2.24, 2.45) is 0 Å². The number of amides is 1. The van der Waals surface area contributed by atoms with E-state index < -0.39 is 0 Å². The Balaban J connectivity index is 1.54. The third-order valence-electron chi connectivity index (χ3n) is 5.63. The Morgan fingerprint density at radius 2 is 2.07 bits per heavy atom. The highest BCUT2D eigenvalue weighted by molar-refractivity contribution is 7.13. The molecule has 1 aromatic carbocycles. The van der Waals surface area contributed by atoms with Crippen molar-refractivity contribution in [2.45, 2.75) is 13.0 Å². The summed E-state index contributed by atoms with van der Waals surface area (Å²) in [5.74, 6) is -0.0878. The Labute approximate surface area is 179 Å². The van der Waals surface area contributed by atoms with Gasteiger partial charge in [-0.15, -0.1) is 11.3 Å². The molecular formula is C23H23N5OS. The summed E-state index contributed by atoms with van der Waals surface area (Å²) in [6, 6.07) is 8.89. The molecule has 0 saturated heterocycles. The number of carbonyl (C=O) groups excluding carboxylic acids is 1. The standard InChI is InChI=1S/C23H23N5OS/c1-27(2)23(29)20-13-30-22(26-20)19-11-25-21-18(19)9-16(10-24-21)15-5-4-14-6-7-28(3)12-17(14)8-15/h4-5,8-11,13H,6-7,12H2,1-3H3,(H,24,25). The van der Waals surface area contributed by atoms with Crippen LogP contribution in [0.4, 0.5) is 0 Å². The van der Waals surface area contributed by atoms with Crippen LogP contribution in [0.3, 0.4) is 0 Å². The summed E-state index contributed by atoms with van der Waals surface area (Å²) in [6.45, 7) is 2.09. The van der Waals surface area contributed by atoms with Gasteiger partial charge in [0.25, 0.3) is 5.91 Å². The summed E-state index contributed by atoms with van der Waals surface area (Å²) >= 11 is 1.48. The molecule has 30 heavy (non-hydrogen) atoms. The average molecular weight is 418 g/mol. The molecule has 1 aliphatic heterocycles. The molecule has 1 N–H and O–H groups in total. The molecule has 0 bridgehead atoms. The predicted molar refractivity (Wildman–Crippen MR) is 121 cm³/mol. The van der Waals surface area contributed by atoms with Gasteiger partial charge in [-0.3, -0.25) is 4.79 Å². The number of aromatic amines is 1. The van der Waals surface area contributed by atoms with Gasteiger partial charge in [0.15, 0.2) is 0 Å². The summed E-state index contributed by atoms with van der Waals surface area (Å²) in [4.78, 5) is 28.6. The minimum Gasteiger partial charge on any atom is -0.345 e. The number of rotatable bonds is 3. The first kappa shape index (κ1) is 19.0. The molecule has 0 radical (unpaired) electrons. The van der Waals surface area contributed by atoms with Gasteiger partial charge in [-0.05, 0) is 42.3 Å². The number of H-pyrrole nitrogens is 1. The van der Waals surface area contributed by atoms with Crippen LogP contribution in [0.1, 0.15) is 21.6 Å². The number of carbonyl (C=O) groups is 1. The number of aromatic nitrogens is 3. The molecule has 1 amide bonds. The van der Waals surface area contributed by atoms with Crippen molar-refractivity contribution in [1.82, 2.24) is 24.8 Å². The average Bonchev–Trinajstić information content (AvgIpc) is 3.39. The van der Waals surface area contributed by atoms with Gasteiger partial charge in [0.1, 0.15) is 16.3 Å². The third-order valence-corrected chi connectivity index (χ3v) is 6.51. The number of thiazole rings is 1. The number of fused-ring (bicyclic) bond motifs is 2. The topological polar surface area (TPSA) is 65.1 Å². The molecule has 5 rings (SSSR count). The van der Waals surface area contributed by atoms with Crippen LogP contribution in [0.5, 0.6) is 0 Å². The number of benzene rings is 1. The second kappa shape index (κ2) is 7.34. The summed E-state index contributed by atoms with van der Waals surface area (Å²) < 4.78 is 0. The molecule has 0 atom stereocenters. The van der Waals surface area contributed by atoms with Gasteiger partial charge >= 0.3 is 0 Å². The van der Waals surface area contributed by atoms with Gasteiger partial charge in [0, 0.05) is 61.5 Å². The van der Waals surface area contributed by atoms with Crippen LogP contribution >= 0.6 is 11.3 Å². The Hall–Kier alpha value is -3.03. The Bertz CT molecular complexity index is 1260. The summed E-state index contributed by atoms with van der Waals surface area (Å²) in [5.41, 5.74) is 7.35. The maximum atomic E-state index is 12.2. The Kier molecular flexibility index (Phi) is 4.64. The number of pyridine rings is 1. The largest absolute Gasteiger partial charge is 0.345 e. The zero-order valence-corrected chi connectivity index (χ0v) is 18.1. The second-order valence-electron chi connectivity index (χ2n) is 8.03. The zero-order valence-electron chi connectivity index (χ0n) is 17.3. The highest BCUT2D eigenvalue weighted by Crippen LogP contribution is 2.33. The minimum absolute atomic E-state index is 0.0878. The van der Waals surface area contributed by atoms with Crippen molar-refractivity contribution in [1.29, 1.82) is 0 Å². The molecule has 4 aromatic rings. The van der Waals surface area contributed by atoms with Crippen LogP contribution in [0.15, 0.2) is 42.0 Å². The predicted octanol–water partition coefficient (Wildman–Crippen LogP) is 4.04. The van der Waals surface area contributed by atoms with E-state index in [1.807, 2.05) is 17.8 Å². The molecule has 7 heteroatoms. The maximum Gasteiger partial charge on any atom is 0.272 e. The number of likely N-dealkylation sites (N-methyl/N-ethyl adjacent to an activating group) is 1. The molecular weight excluding hydrogens is 394 g/mol. The first-order valence-electron chi connectivity index (χ1n) is 9.95. The summed E-state index contributed by atoms with van der Waals surface area (Å²) in [6.07, 6.45) is 4.94. The van der Waals surface area contributed by atoms with Gasteiger partial charge in [0.2, 0.25) is 0 Å². The monoisotopic (exact) mass is 417 g/mol. The lowest BCUT2D eigenvalue weighted by molar-refractivity contribution is 0.0823. The fraction of sp³-hybridized carbons (Fsp3) is 0.261. The molecule has 6 nitrogen and oxygen atoms in total. The maximum absolute atomic E-state index is 12.2. The molecule has 3 aromatic heterocycles. The van der Waals surface area contributed by atoms with Crippen molar-refractivity contribution in [3.05, 3.63) is 58.9 Å². The summed E-state index contributed by atoms with van der Waals surface area (Å²) in [5, 5.41) is 3.64. The van der Waals surface area contributed by atoms with Crippen LogP contribution < -0.4 is 0 Å². The van der Waals surface area contributed by atoms with Gasteiger partial charge in [-0.25, -0.2) is 9.97 Å². The van der Waals surface area contributed by atoms with Crippen molar-refractivity contribution >= 4 is 28.3 Å². The normalized spacial score (nSPS) is 14.1. The van der Waals surface area contributed by atoms with Crippen LogP contribution in [0, 0.1) is 0 Å². The van der Waals surface area contributed by atoms with Crippen molar-refractivity contribution in [3.8, 4) is 21.7 Å². The number of hydrogen-bond donors (Lipinski definition) is 1. The molecule has 4 heterocycles.